The monoisotopic (exact) mass is 225 g/mol. The summed E-state index contributed by atoms with van der Waals surface area (Å²) in [7, 11) is 0. The Bertz CT molecular complexity index is 671. The van der Waals surface area contributed by atoms with Gasteiger partial charge in [0.15, 0.2) is 5.65 Å². The number of aromatic nitrogens is 3. The standard InChI is InChI=1S/C13H11N3O/c1-8-11-6-7-12(14-13(11)16-15-8)9-2-4-10(17)5-3-9/h2-7,17H,1H3,(H,14,15,16). The first kappa shape index (κ1) is 9.84. The van der Waals surface area contributed by atoms with Crippen molar-refractivity contribution in [3.05, 3.63) is 42.1 Å². The number of aryl methyl sites for hydroxylation is 1. The zero-order valence-electron chi connectivity index (χ0n) is 9.31. The van der Waals surface area contributed by atoms with Gasteiger partial charge in [0.2, 0.25) is 0 Å². The van der Waals surface area contributed by atoms with Crippen molar-refractivity contribution in [2.24, 2.45) is 0 Å². The molecular formula is C13H11N3O. The number of hydrogen-bond donors (Lipinski definition) is 2. The predicted molar refractivity (Wildman–Crippen MR) is 65.7 cm³/mol. The summed E-state index contributed by atoms with van der Waals surface area (Å²) in [6, 6.07) is 10.9. The van der Waals surface area contributed by atoms with Crippen LogP contribution in [0.5, 0.6) is 5.75 Å². The van der Waals surface area contributed by atoms with Gasteiger partial charge in [-0.05, 0) is 43.3 Å². The molecule has 0 amide bonds. The van der Waals surface area contributed by atoms with E-state index in [0.29, 0.717) is 5.65 Å². The van der Waals surface area contributed by atoms with Gasteiger partial charge in [-0.25, -0.2) is 4.98 Å². The number of phenols is 1. The molecule has 2 N–H and O–H groups in total. The average molecular weight is 225 g/mol. The molecule has 0 aliphatic heterocycles. The molecule has 4 nitrogen and oxygen atoms in total. The average Bonchev–Trinajstić information content (AvgIpc) is 2.72. The lowest BCUT2D eigenvalue weighted by Gasteiger charge is -2.00. The molecule has 17 heavy (non-hydrogen) atoms. The molecule has 0 saturated carbocycles. The quantitative estimate of drug-likeness (QED) is 0.669. The number of aromatic amines is 1. The first-order chi connectivity index (χ1) is 8.24. The molecule has 0 radical (unpaired) electrons. The molecule has 0 unspecified atom stereocenters. The van der Waals surface area contributed by atoms with Gasteiger partial charge >= 0.3 is 0 Å². The van der Waals surface area contributed by atoms with Crippen molar-refractivity contribution in [3.63, 3.8) is 0 Å². The number of rotatable bonds is 1. The van der Waals surface area contributed by atoms with E-state index < -0.39 is 0 Å². The van der Waals surface area contributed by atoms with E-state index in [1.165, 1.54) is 0 Å². The van der Waals surface area contributed by atoms with Crippen LogP contribution in [0, 0.1) is 6.92 Å². The number of phenolic OH excluding ortho intramolecular Hbond substituents is 1. The van der Waals surface area contributed by atoms with Gasteiger partial charge in [-0.1, -0.05) is 0 Å². The zero-order chi connectivity index (χ0) is 11.8. The Morgan fingerprint density at radius 1 is 1.06 bits per heavy atom. The lowest BCUT2D eigenvalue weighted by atomic mass is 10.1. The van der Waals surface area contributed by atoms with Crippen molar-refractivity contribution >= 4 is 11.0 Å². The summed E-state index contributed by atoms with van der Waals surface area (Å²) < 4.78 is 0. The fourth-order valence-electron chi connectivity index (χ4n) is 1.82. The second-order valence-corrected chi connectivity index (χ2v) is 3.96. The van der Waals surface area contributed by atoms with Crippen LogP contribution in [0.3, 0.4) is 0 Å². The van der Waals surface area contributed by atoms with E-state index in [1.54, 1.807) is 12.1 Å². The number of H-pyrrole nitrogens is 1. The van der Waals surface area contributed by atoms with Crippen LogP contribution in [0.2, 0.25) is 0 Å². The normalized spacial score (nSPS) is 10.9. The summed E-state index contributed by atoms with van der Waals surface area (Å²) >= 11 is 0. The summed E-state index contributed by atoms with van der Waals surface area (Å²) in [5.41, 5.74) is 3.55. The zero-order valence-corrected chi connectivity index (χ0v) is 9.31. The number of aromatic hydroxyl groups is 1. The van der Waals surface area contributed by atoms with Crippen LogP contribution in [0.4, 0.5) is 0 Å². The predicted octanol–water partition coefficient (Wildman–Crippen LogP) is 2.64. The van der Waals surface area contributed by atoms with Crippen molar-refractivity contribution in [1.29, 1.82) is 0 Å². The third-order valence-corrected chi connectivity index (χ3v) is 2.77. The van der Waals surface area contributed by atoms with Crippen LogP contribution in [0.15, 0.2) is 36.4 Å². The number of pyridine rings is 1. The van der Waals surface area contributed by atoms with Gasteiger partial charge in [0.25, 0.3) is 0 Å². The van der Waals surface area contributed by atoms with Gasteiger partial charge < -0.3 is 5.11 Å². The van der Waals surface area contributed by atoms with Crippen LogP contribution in [-0.4, -0.2) is 20.3 Å². The highest BCUT2D eigenvalue weighted by Crippen LogP contribution is 2.22. The van der Waals surface area contributed by atoms with E-state index in [1.807, 2.05) is 31.2 Å². The molecule has 84 valence electrons. The van der Waals surface area contributed by atoms with Gasteiger partial charge in [-0.2, -0.15) is 5.10 Å². The maximum Gasteiger partial charge on any atom is 0.181 e. The Hall–Kier alpha value is -2.36. The summed E-state index contributed by atoms with van der Waals surface area (Å²) in [5.74, 6) is 0.255. The first-order valence-corrected chi connectivity index (χ1v) is 5.35. The number of fused-ring (bicyclic) bond motifs is 1. The third kappa shape index (κ3) is 1.63. The highest BCUT2D eigenvalue weighted by molar-refractivity contribution is 5.80. The summed E-state index contributed by atoms with van der Waals surface area (Å²) in [5, 5.41) is 17.3. The van der Waals surface area contributed by atoms with Gasteiger partial charge in [0.05, 0.1) is 5.69 Å². The molecule has 2 heterocycles. The fourth-order valence-corrected chi connectivity index (χ4v) is 1.82. The van der Waals surface area contributed by atoms with Crippen LogP contribution in [0.25, 0.3) is 22.3 Å². The summed E-state index contributed by atoms with van der Waals surface area (Å²) in [6.07, 6.45) is 0. The topological polar surface area (TPSA) is 61.8 Å². The molecule has 0 spiro atoms. The Morgan fingerprint density at radius 2 is 1.82 bits per heavy atom. The Kier molecular flexibility index (Phi) is 2.08. The summed E-state index contributed by atoms with van der Waals surface area (Å²) in [6.45, 7) is 1.97. The minimum absolute atomic E-state index is 0.255. The molecule has 3 aromatic rings. The van der Waals surface area contributed by atoms with Crippen molar-refractivity contribution < 1.29 is 5.11 Å². The van der Waals surface area contributed by atoms with E-state index in [-0.39, 0.29) is 5.75 Å². The molecule has 0 aliphatic carbocycles. The van der Waals surface area contributed by atoms with Gasteiger partial charge in [-0.15, -0.1) is 0 Å². The van der Waals surface area contributed by atoms with E-state index in [9.17, 15) is 5.11 Å². The van der Waals surface area contributed by atoms with E-state index >= 15 is 0 Å². The molecule has 0 saturated heterocycles. The molecule has 2 aromatic heterocycles. The number of hydrogen-bond acceptors (Lipinski definition) is 3. The molecule has 0 aliphatic rings. The fraction of sp³-hybridized carbons (Fsp3) is 0.0769. The Balaban J connectivity index is 2.14. The summed E-state index contributed by atoms with van der Waals surface area (Å²) in [4.78, 5) is 4.47. The van der Waals surface area contributed by atoms with Crippen molar-refractivity contribution in [2.75, 3.05) is 0 Å². The highest BCUT2D eigenvalue weighted by Gasteiger charge is 2.05. The molecule has 0 atom stereocenters. The van der Waals surface area contributed by atoms with Gasteiger partial charge in [-0.3, -0.25) is 5.10 Å². The maximum absolute atomic E-state index is 9.24. The molecule has 3 rings (SSSR count). The van der Waals surface area contributed by atoms with Crippen molar-refractivity contribution in [1.82, 2.24) is 15.2 Å². The Morgan fingerprint density at radius 3 is 2.59 bits per heavy atom. The SMILES string of the molecule is Cc1[nH]nc2nc(-c3ccc(O)cc3)ccc12. The lowest BCUT2D eigenvalue weighted by molar-refractivity contribution is 0.475. The maximum atomic E-state index is 9.24. The van der Waals surface area contributed by atoms with Crippen LogP contribution < -0.4 is 0 Å². The van der Waals surface area contributed by atoms with Gasteiger partial charge in [0, 0.05) is 16.6 Å². The number of benzene rings is 1. The number of nitrogens with one attached hydrogen (secondary N) is 1. The van der Waals surface area contributed by atoms with Gasteiger partial charge in [0.1, 0.15) is 5.75 Å². The highest BCUT2D eigenvalue weighted by atomic mass is 16.3. The molecular weight excluding hydrogens is 214 g/mol. The van der Waals surface area contributed by atoms with Crippen LogP contribution in [-0.2, 0) is 0 Å². The largest absolute Gasteiger partial charge is 0.508 e. The minimum Gasteiger partial charge on any atom is -0.508 e. The van der Waals surface area contributed by atoms with Crippen LogP contribution in [0.1, 0.15) is 5.69 Å². The molecule has 4 heteroatoms. The minimum atomic E-state index is 0.255. The molecule has 1 aromatic carbocycles. The van der Waals surface area contributed by atoms with E-state index in [0.717, 1.165) is 22.3 Å². The Labute approximate surface area is 97.9 Å². The first-order valence-electron chi connectivity index (χ1n) is 5.35. The smallest absolute Gasteiger partial charge is 0.181 e. The molecule has 0 bridgehead atoms. The molecule has 0 fully saturated rings. The third-order valence-electron chi connectivity index (χ3n) is 2.77. The lowest BCUT2D eigenvalue weighted by Crippen LogP contribution is -1.84. The van der Waals surface area contributed by atoms with Crippen molar-refractivity contribution in [3.8, 4) is 17.0 Å². The van der Waals surface area contributed by atoms with Crippen molar-refractivity contribution in [2.45, 2.75) is 6.92 Å². The second kappa shape index (κ2) is 3.59. The number of nitrogens with zero attached hydrogens (tertiary/aromatic N) is 2. The van der Waals surface area contributed by atoms with Crippen LogP contribution >= 0.6 is 0 Å². The van der Waals surface area contributed by atoms with E-state index in [4.69, 9.17) is 0 Å². The second-order valence-electron chi connectivity index (χ2n) is 3.96. The van der Waals surface area contributed by atoms with E-state index in [2.05, 4.69) is 15.2 Å².